The molecule has 19 heavy (non-hydrogen) atoms. The molecule has 0 spiro atoms. The fraction of sp³-hybridized carbons (Fsp3) is 0.600. The Morgan fingerprint density at radius 1 is 1.21 bits per heavy atom. The monoisotopic (exact) mass is 267 g/mol. The van der Waals surface area contributed by atoms with Crippen molar-refractivity contribution in [3.8, 4) is 0 Å². The van der Waals surface area contributed by atoms with Gasteiger partial charge in [0.25, 0.3) is 0 Å². The zero-order valence-corrected chi connectivity index (χ0v) is 12.5. The van der Waals surface area contributed by atoms with E-state index in [0.717, 1.165) is 25.3 Å². The molecule has 0 unspecified atom stereocenters. The molecule has 2 N–H and O–H groups in total. The Labute approximate surface area is 116 Å². The Morgan fingerprint density at radius 2 is 1.89 bits per heavy atom. The van der Waals surface area contributed by atoms with E-state index in [1.165, 1.54) is 6.07 Å². The molecule has 0 heterocycles. The van der Waals surface area contributed by atoms with Crippen molar-refractivity contribution >= 4 is 5.69 Å². The molecule has 0 aliphatic carbocycles. The number of nitrogens with zero attached hydrogens (tertiary/aromatic N) is 2. The van der Waals surface area contributed by atoms with Crippen LogP contribution in [0.25, 0.3) is 0 Å². The number of likely N-dealkylation sites (N-methyl/N-ethyl adjacent to an activating group) is 1. The molecule has 3 nitrogen and oxygen atoms in total. The lowest BCUT2D eigenvalue weighted by molar-refractivity contribution is 0.408. The van der Waals surface area contributed by atoms with Crippen molar-refractivity contribution in [2.45, 2.75) is 20.4 Å². The summed E-state index contributed by atoms with van der Waals surface area (Å²) >= 11 is 0. The van der Waals surface area contributed by atoms with Gasteiger partial charge in [0, 0.05) is 37.4 Å². The third kappa shape index (κ3) is 4.80. The van der Waals surface area contributed by atoms with Crippen molar-refractivity contribution in [1.82, 2.24) is 4.90 Å². The van der Waals surface area contributed by atoms with Gasteiger partial charge in [-0.1, -0.05) is 19.9 Å². The van der Waals surface area contributed by atoms with E-state index in [1.807, 2.05) is 20.2 Å². The minimum absolute atomic E-state index is 0.210. The molecule has 0 saturated heterocycles. The normalized spacial score (nSPS) is 11.4. The molecule has 0 radical (unpaired) electrons. The van der Waals surface area contributed by atoms with Gasteiger partial charge in [-0.15, -0.1) is 0 Å². The van der Waals surface area contributed by atoms with Crippen molar-refractivity contribution in [2.24, 2.45) is 11.7 Å². The second-order valence-corrected chi connectivity index (χ2v) is 5.58. The molecule has 1 aromatic carbocycles. The van der Waals surface area contributed by atoms with E-state index in [2.05, 4.69) is 23.6 Å². The van der Waals surface area contributed by atoms with Crippen LogP contribution in [0.3, 0.4) is 0 Å². The van der Waals surface area contributed by atoms with Gasteiger partial charge in [0.05, 0.1) is 0 Å². The number of benzene rings is 1. The molecule has 108 valence electrons. The summed E-state index contributed by atoms with van der Waals surface area (Å²) in [6.45, 7) is 7.30. The molecule has 0 amide bonds. The standard InChI is InChI=1S/C15H26FN3/c1-12(2)11-19(9-8-18(3)4)15-7-5-6-14(16)13(15)10-17/h5-7,12H,8-11,17H2,1-4H3. The highest BCUT2D eigenvalue weighted by molar-refractivity contribution is 5.54. The first-order chi connectivity index (χ1) is 8.95. The molecule has 0 aliphatic heterocycles. The summed E-state index contributed by atoms with van der Waals surface area (Å²) in [5.41, 5.74) is 7.24. The van der Waals surface area contributed by atoms with Gasteiger partial charge in [0.1, 0.15) is 5.82 Å². The Balaban J connectivity index is 2.98. The van der Waals surface area contributed by atoms with E-state index in [-0.39, 0.29) is 12.4 Å². The molecule has 0 saturated carbocycles. The second kappa shape index (κ2) is 7.46. The van der Waals surface area contributed by atoms with Crippen LogP contribution >= 0.6 is 0 Å². The quantitative estimate of drug-likeness (QED) is 0.823. The number of nitrogens with two attached hydrogens (primary N) is 1. The summed E-state index contributed by atoms with van der Waals surface area (Å²) in [5.74, 6) is 0.315. The van der Waals surface area contributed by atoms with Crippen LogP contribution in [0.5, 0.6) is 0 Å². The van der Waals surface area contributed by atoms with Crippen LogP contribution in [0, 0.1) is 11.7 Å². The van der Waals surface area contributed by atoms with Crippen molar-refractivity contribution < 1.29 is 4.39 Å². The first kappa shape index (κ1) is 15.9. The highest BCUT2D eigenvalue weighted by Gasteiger charge is 2.15. The number of rotatable bonds is 7. The maximum absolute atomic E-state index is 13.8. The maximum Gasteiger partial charge on any atom is 0.129 e. The van der Waals surface area contributed by atoms with E-state index in [4.69, 9.17) is 5.73 Å². The summed E-state index contributed by atoms with van der Waals surface area (Å²) < 4.78 is 13.8. The van der Waals surface area contributed by atoms with Gasteiger partial charge in [0.2, 0.25) is 0 Å². The third-order valence-electron chi connectivity index (χ3n) is 3.04. The Hall–Kier alpha value is -1.13. The van der Waals surface area contributed by atoms with Gasteiger partial charge in [-0.05, 0) is 32.1 Å². The molecule has 1 aromatic rings. The smallest absolute Gasteiger partial charge is 0.129 e. The van der Waals surface area contributed by atoms with E-state index in [9.17, 15) is 4.39 Å². The minimum Gasteiger partial charge on any atom is -0.370 e. The first-order valence-electron chi connectivity index (χ1n) is 6.82. The molecule has 1 rings (SSSR count). The topological polar surface area (TPSA) is 32.5 Å². The Kier molecular flexibility index (Phi) is 6.25. The highest BCUT2D eigenvalue weighted by atomic mass is 19.1. The van der Waals surface area contributed by atoms with Gasteiger partial charge in [-0.2, -0.15) is 0 Å². The molecule has 0 fully saturated rings. The lowest BCUT2D eigenvalue weighted by atomic mass is 10.1. The molecular weight excluding hydrogens is 241 g/mol. The van der Waals surface area contributed by atoms with E-state index < -0.39 is 0 Å². The van der Waals surface area contributed by atoms with Crippen LogP contribution in [0.1, 0.15) is 19.4 Å². The van der Waals surface area contributed by atoms with Crippen LogP contribution in [-0.4, -0.2) is 38.6 Å². The number of hydrogen-bond acceptors (Lipinski definition) is 3. The van der Waals surface area contributed by atoms with Crippen molar-refractivity contribution in [3.05, 3.63) is 29.6 Å². The van der Waals surface area contributed by atoms with Crippen LogP contribution < -0.4 is 10.6 Å². The molecule has 0 bridgehead atoms. The first-order valence-corrected chi connectivity index (χ1v) is 6.82. The zero-order chi connectivity index (χ0) is 14.4. The van der Waals surface area contributed by atoms with Gasteiger partial charge in [0.15, 0.2) is 0 Å². The average molecular weight is 267 g/mol. The summed E-state index contributed by atoms with van der Waals surface area (Å²) in [4.78, 5) is 4.37. The fourth-order valence-electron chi connectivity index (χ4n) is 2.12. The number of hydrogen-bond donors (Lipinski definition) is 1. The van der Waals surface area contributed by atoms with E-state index in [0.29, 0.717) is 11.5 Å². The van der Waals surface area contributed by atoms with Crippen LogP contribution in [0.15, 0.2) is 18.2 Å². The number of halogens is 1. The summed E-state index contributed by atoms with van der Waals surface area (Å²) in [7, 11) is 4.09. The van der Waals surface area contributed by atoms with Gasteiger partial charge in [-0.25, -0.2) is 4.39 Å². The highest BCUT2D eigenvalue weighted by Crippen LogP contribution is 2.23. The lowest BCUT2D eigenvalue weighted by Gasteiger charge is -2.30. The maximum atomic E-state index is 13.8. The van der Waals surface area contributed by atoms with Crippen molar-refractivity contribution in [2.75, 3.05) is 38.6 Å². The average Bonchev–Trinajstić information content (AvgIpc) is 2.33. The zero-order valence-electron chi connectivity index (χ0n) is 12.5. The Morgan fingerprint density at radius 3 is 2.42 bits per heavy atom. The van der Waals surface area contributed by atoms with Crippen LogP contribution in [-0.2, 0) is 6.54 Å². The minimum atomic E-state index is -0.210. The summed E-state index contributed by atoms with van der Waals surface area (Å²) in [6, 6.07) is 5.20. The molecule has 0 atom stereocenters. The van der Waals surface area contributed by atoms with Crippen LogP contribution in [0.4, 0.5) is 10.1 Å². The summed E-state index contributed by atoms with van der Waals surface area (Å²) in [5, 5.41) is 0. The molecule has 0 aliphatic rings. The Bertz CT molecular complexity index is 391. The van der Waals surface area contributed by atoms with Gasteiger partial charge in [-0.3, -0.25) is 0 Å². The van der Waals surface area contributed by atoms with Crippen molar-refractivity contribution in [3.63, 3.8) is 0 Å². The molecule has 4 heteroatoms. The molecule has 0 aromatic heterocycles. The van der Waals surface area contributed by atoms with E-state index >= 15 is 0 Å². The second-order valence-electron chi connectivity index (χ2n) is 5.58. The van der Waals surface area contributed by atoms with Gasteiger partial charge >= 0.3 is 0 Å². The van der Waals surface area contributed by atoms with Crippen molar-refractivity contribution in [1.29, 1.82) is 0 Å². The van der Waals surface area contributed by atoms with Gasteiger partial charge < -0.3 is 15.5 Å². The van der Waals surface area contributed by atoms with Crippen LogP contribution in [0.2, 0.25) is 0 Å². The summed E-state index contributed by atoms with van der Waals surface area (Å²) in [6.07, 6.45) is 0. The predicted molar refractivity (Wildman–Crippen MR) is 79.9 cm³/mol. The predicted octanol–water partition coefficient (Wildman–Crippen LogP) is 2.31. The number of anilines is 1. The lowest BCUT2D eigenvalue weighted by Crippen LogP contribution is -2.35. The molecular formula is C15H26FN3. The largest absolute Gasteiger partial charge is 0.370 e. The SMILES string of the molecule is CC(C)CN(CCN(C)C)c1cccc(F)c1CN. The third-order valence-corrected chi connectivity index (χ3v) is 3.04. The fourth-order valence-corrected chi connectivity index (χ4v) is 2.12. The van der Waals surface area contributed by atoms with E-state index in [1.54, 1.807) is 6.07 Å².